The summed E-state index contributed by atoms with van der Waals surface area (Å²) < 4.78 is 1.54. The Kier molecular flexibility index (Phi) is 5.71. The SMILES string of the molecule is Cn1nnc(-c2cc(N)ccc2Cl)n1.Cn1nnnc1-c1cc(N)ccc1Cl. The Bertz CT molecular complexity index is 1100. The van der Waals surface area contributed by atoms with Crippen molar-refractivity contribution in [2.75, 3.05) is 11.5 Å². The van der Waals surface area contributed by atoms with Crippen LogP contribution in [0, 0.1) is 0 Å². The van der Waals surface area contributed by atoms with E-state index in [1.54, 1.807) is 55.2 Å². The molecule has 0 radical (unpaired) electrons. The molecule has 0 amide bonds. The van der Waals surface area contributed by atoms with E-state index in [0.717, 1.165) is 5.56 Å². The fourth-order valence-corrected chi connectivity index (χ4v) is 2.68. The average Bonchev–Trinajstić information content (AvgIpc) is 3.28. The molecule has 4 N–H and O–H groups in total. The summed E-state index contributed by atoms with van der Waals surface area (Å²) in [5.74, 6) is 1.08. The van der Waals surface area contributed by atoms with E-state index in [1.807, 2.05) is 0 Å². The molecule has 0 spiro atoms. The predicted octanol–water partition coefficient (Wildman–Crippen LogP) is 2.23. The van der Waals surface area contributed by atoms with Crippen molar-refractivity contribution in [3.63, 3.8) is 0 Å². The van der Waals surface area contributed by atoms with Gasteiger partial charge in [-0.2, -0.15) is 4.80 Å². The van der Waals surface area contributed by atoms with Crippen molar-refractivity contribution >= 4 is 34.6 Å². The lowest BCUT2D eigenvalue weighted by atomic mass is 10.2. The molecule has 0 aliphatic rings. The first-order valence-electron chi connectivity index (χ1n) is 7.92. The zero-order valence-electron chi connectivity index (χ0n) is 15.0. The Hall–Kier alpha value is -3.24. The molecule has 144 valence electrons. The molecule has 0 fully saturated rings. The highest BCUT2D eigenvalue weighted by Gasteiger charge is 2.10. The number of aryl methyl sites for hydroxylation is 2. The molecule has 10 nitrogen and oxygen atoms in total. The van der Waals surface area contributed by atoms with Gasteiger partial charge >= 0.3 is 0 Å². The maximum Gasteiger partial charge on any atom is 0.206 e. The van der Waals surface area contributed by atoms with E-state index >= 15 is 0 Å². The van der Waals surface area contributed by atoms with Gasteiger partial charge in [-0.15, -0.1) is 15.3 Å². The molecule has 2 aromatic carbocycles. The minimum Gasteiger partial charge on any atom is -0.399 e. The summed E-state index contributed by atoms with van der Waals surface area (Å²) in [5.41, 5.74) is 14.0. The Morgan fingerprint density at radius 2 is 1.43 bits per heavy atom. The zero-order valence-corrected chi connectivity index (χ0v) is 16.5. The van der Waals surface area contributed by atoms with E-state index in [1.165, 1.54) is 4.80 Å². The first kappa shape index (κ1) is 19.5. The van der Waals surface area contributed by atoms with Crippen LogP contribution >= 0.6 is 23.2 Å². The third kappa shape index (κ3) is 4.35. The largest absolute Gasteiger partial charge is 0.399 e. The lowest BCUT2D eigenvalue weighted by Gasteiger charge is -2.02. The average molecular weight is 419 g/mol. The maximum atomic E-state index is 6.00. The van der Waals surface area contributed by atoms with Gasteiger partial charge in [0.1, 0.15) is 0 Å². The van der Waals surface area contributed by atoms with E-state index in [-0.39, 0.29) is 0 Å². The second kappa shape index (κ2) is 8.19. The van der Waals surface area contributed by atoms with Crippen molar-refractivity contribution in [2.24, 2.45) is 14.1 Å². The molecule has 0 saturated carbocycles. The van der Waals surface area contributed by atoms with Crippen LogP contribution in [0.1, 0.15) is 0 Å². The van der Waals surface area contributed by atoms with Gasteiger partial charge in [0.25, 0.3) is 0 Å². The summed E-state index contributed by atoms with van der Waals surface area (Å²) in [5, 5.41) is 23.9. The van der Waals surface area contributed by atoms with Crippen molar-refractivity contribution in [2.45, 2.75) is 0 Å². The highest BCUT2D eigenvalue weighted by atomic mass is 35.5. The van der Waals surface area contributed by atoms with Gasteiger partial charge in [-0.1, -0.05) is 23.2 Å². The fraction of sp³-hybridized carbons (Fsp3) is 0.125. The van der Waals surface area contributed by atoms with Crippen LogP contribution in [0.4, 0.5) is 11.4 Å². The third-order valence-electron chi connectivity index (χ3n) is 3.59. The quantitative estimate of drug-likeness (QED) is 0.472. The van der Waals surface area contributed by atoms with Crippen LogP contribution in [0.2, 0.25) is 10.0 Å². The van der Waals surface area contributed by atoms with Gasteiger partial charge in [-0.25, -0.2) is 4.68 Å². The normalized spacial score (nSPS) is 10.4. The molecule has 0 unspecified atom stereocenters. The number of nitrogens with two attached hydrogens (primary N) is 2. The van der Waals surface area contributed by atoms with Crippen LogP contribution in [0.25, 0.3) is 22.8 Å². The molecule has 2 heterocycles. The van der Waals surface area contributed by atoms with Crippen LogP contribution in [0.15, 0.2) is 36.4 Å². The van der Waals surface area contributed by atoms with E-state index in [0.29, 0.717) is 38.6 Å². The van der Waals surface area contributed by atoms with E-state index in [2.05, 4.69) is 30.9 Å². The number of halogens is 2. The van der Waals surface area contributed by atoms with Crippen molar-refractivity contribution in [1.82, 2.24) is 40.4 Å². The molecule has 0 atom stereocenters. The van der Waals surface area contributed by atoms with Crippen LogP contribution in [0.5, 0.6) is 0 Å². The monoisotopic (exact) mass is 418 g/mol. The Labute approximate surface area is 170 Å². The summed E-state index contributed by atoms with van der Waals surface area (Å²) in [7, 11) is 3.44. The number of tetrazole rings is 2. The summed E-state index contributed by atoms with van der Waals surface area (Å²) in [6, 6.07) is 10.4. The Morgan fingerprint density at radius 1 is 0.821 bits per heavy atom. The third-order valence-corrected chi connectivity index (χ3v) is 4.25. The number of benzene rings is 2. The van der Waals surface area contributed by atoms with E-state index in [4.69, 9.17) is 34.7 Å². The molecular formula is C16H16Cl2N10. The fourth-order valence-electron chi connectivity index (χ4n) is 2.28. The van der Waals surface area contributed by atoms with Gasteiger partial charge < -0.3 is 11.5 Å². The number of nitrogen functional groups attached to an aromatic ring is 2. The zero-order chi connectivity index (χ0) is 20.3. The number of anilines is 2. The Morgan fingerprint density at radius 3 is 1.96 bits per heavy atom. The van der Waals surface area contributed by atoms with Crippen LogP contribution in [0.3, 0.4) is 0 Å². The topological polar surface area (TPSA) is 139 Å². The first-order valence-corrected chi connectivity index (χ1v) is 8.68. The standard InChI is InChI=1S/2C8H8ClN5/c1-14-8(11-12-13-14)6-4-5(10)2-3-7(6)9;1-14-12-8(11-13-14)6-4-5(10)2-3-7(6)9/h2*2-4H,10H2,1H3. The molecule has 4 rings (SSSR count). The van der Waals surface area contributed by atoms with Gasteiger partial charge in [0.15, 0.2) is 5.82 Å². The van der Waals surface area contributed by atoms with Crippen molar-refractivity contribution in [3.8, 4) is 22.8 Å². The molecular weight excluding hydrogens is 403 g/mol. The number of hydrogen-bond donors (Lipinski definition) is 2. The lowest BCUT2D eigenvalue weighted by Crippen LogP contribution is -1.96. The van der Waals surface area contributed by atoms with Crippen LogP contribution in [-0.2, 0) is 14.1 Å². The molecule has 0 saturated heterocycles. The predicted molar refractivity (Wildman–Crippen MR) is 107 cm³/mol. The Balaban J connectivity index is 0.000000161. The minimum absolute atomic E-state index is 0.477. The second-order valence-electron chi connectivity index (χ2n) is 5.71. The van der Waals surface area contributed by atoms with Gasteiger partial charge in [0.2, 0.25) is 5.82 Å². The maximum absolute atomic E-state index is 6.00. The molecule has 12 heteroatoms. The smallest absolute Gasteiger partial charge is 0.206 e. The van der Waals surface area contributed by atoms with Gasteiger partial charge in [0, 0.05) is 29.5 Å². The minimum atomic E-state index is 0.477. The number of nitrogens with zero attached hydrogens (tertiary/aromatic N) is 8. The van der Waals surface area contributed by atoms with E-state index in [9.17, 15) is 0 Å². The van der Waals surface area contributed by atoms with Crippen LogP contribution in [-0.4, -0.2) is 40.4 Å². The highest BCUT2D eigenvalue weighted by Crippen LogP contribution is 2.27. The van der Waals surface area contributed by atoms with Gasteiger partial charge in [-0.3, -0.25) is 0 Å². The summed E-state index contributed by atoms with van der Waals surface area (Å²) in [6.45, 7) is 0. The number of aromatic nitrogens is 8. The van der Waals surface area contributed by atoms with Gasteiger partial charge in [0.05, 0.1) is 17.1 Å². The first-order chi connectivity index (χ1) is 13.3. The molecule has 2 aromatic heterocycles. The molecule has 0 bridgehead atoms. The summed E-state index contributed by atoms with van der Waals surface area (Å²) in [4.78, 5) is 1.37. The van der Waals surface area contributed by atoms with Gasteiger partial charge in [-0.05, 0) is 52.0 Å². The van der Waals surface area contributed by atoms with Crippen molar-refractivity contribution in [1.29, 1.82) is 0 Å². The van der Waals surface area contributed by atoms with Crippen molar-refractivity contribution < 1.29 is 0 Å². The molecule has 0 aliphatic carbocycles. The van der Waals surface area contributed by atoms with Crippen molar-refractivity contribution in [3.05, 3.63) is 46.4 Å². The molecule has 28 heavy (non-hydrogen) atoms. The number of hydrogen-bond acceptors (Lipinski definition) is 8. The molecule has 4 aromatic rings. The summed E-state index contributed by atoms with van der Waals surface area (Å²) >= 11 is 12.0. The highest BCUT2D eigenvalue weighted by molar-refractivity contribution is 6.33. The molecule has 0 aliphatic heterocycles. The summed E-state index contributed by atoms with van der Waals surface area (Å²) in [6.07, 6.45) is 0. The lowest BCUT2D eigenvalue weighted by molar-refractivity contribution is 0.630. The second-order valence-corrected chi connectivity index (χ2v) is 6.52. The van der Waals surface area contributed by atoms with E-state index < -0.39 is 0 Å². The number of rotatable bonds is 2. The van der Waals surface area contributed by atoms with Crippen LogP contribution < -0.4 is 11.5 Å².